The molecule has 0 heterocycles. The van der Waals surface area contributed by atoms with E-state index in [1.54, 1.807) is 0 Å². The summed E-state index contributed by atoms with van der Waals surface area (Å²) >= 11 is 3.29. The van der Waals surface area contributed by atoms with E-state index in [1.807, 2.05) is 42.3 Å². The van der Waals surface area contributed by atoms with Crippen LogP contribution in [-0.4, -0.2) is 7.05 Å². The van der Waals surface area contributed by atoms with Crippen LogP contribution in [0.5, 0.6) is 0 Å². The number of hydrogen-bond acceptors (Lipinski definition) is 2. The summed E-state index contributed by atoms with van der Waals surface area (Å²) in [6.45, 7) is 0.602. The molecule has 0 bridgehead atoms. The molecule has 2 nitrogen and oxygen atoms in total. The topological polar surface area (TPSA) is 29.3 Å². The molecule has 0 saturated carbocycles. The molecule has 0 atom stereocenters. The van der Waals surface area contributed by atoms with E-state index >= 15 is 0 Å². The predicted molar refractivity (Wildman–Crippen MR) is 77.1 cm³/mol. The Kier molecular flexibility index (Phi) is 3.87. The smallest absolute Gasteiger partial charge is 0.124 e. The first-order valence-electron chi connectivity index (χ1n) is 5.57. The first-order valence-corrected chi connectivity index (χ1v) is 6.36. The first-order chi connectivity index (χ1) is 8.56. The minimum atomic E-state index is -0.242. The van der Waals surface area contributed by atoms with Crippen LogP contribution in [-0.2, 0) is 6.54 Å². The average Bonchev–Trinajstić information content (AvgIpc) is 2.27. The normalized spacial score (nSPS) is 10.4. The van der Waals surface area contributed by atoms with Gasteiger partial charge < -0.3 is 10.6 Å². The van der Waals surface area contributed by atoms with E-state index in [0.717, 1.165) is 21.4 Å². The number of nitrogens with two attached hydrogens (primary N) is 1. The zero-order valence-corrected chi connectivity index (χ0v) is 11.6. The Morgan fingerprint density at radius 3 is 2.61 bits per heavy atom. The lowest BCUT2D eigenvalue weighted by Gasteiger charge is -2.21. The van der Waals surface area contributed by atoms with Crippen LogP contribution < -0.4 is 10.6 Å². The highest BCUT2D eigenvalue weighted by Gasteiger charge is 2.06. The summed E-state index contributed by atoms with van der Waals surface area (Å²) in [5.74, 6) is -0.242. The zero-order valence-electron chi connectivity index (χ0n) is 10.0. The van der Waals surface area contributed by atoms with E-state index in [-0.39, 0.29) is 5.82 Å². The van der Waals surface area contributed by atoms with Crippen LogP contribution in [0.1, 0.15) is 5.56 Å². The van der Waals surface area contributed by atoms with E-state index < -0.39 is 0 Å². The van der Waals surface area contributed by atoms with Crippen molar-refractivity contribution in [2.45, 2.75) is 6.54 Å². The minimum absolute atomic E-state index is 0.242. The average molecular weight is 309 g/mol. The molecular formula is C14H14BrFN2. The van der Waals surface area contributed by atoms with E-state index in [1.165, 1.54) is 12.1 Å². The summed E-state index contributed by atoms with van der Waals surface area (Å²) in [7, 11) is 1.94. The summed E-state index contributed by atoms with van der Waals surface area (Å²) in [5.41, 5.74) is 8.47. The highest BCUT2D eigenvalue weighted by atomic mass is 79.9. The van der Waals surface area contributed by atoms with Crippen molar-refractivity contribution in [3.8, 4) is 0 Å². The third-order valence-corrected chi connectivity index (χ3v) is 3.15. The van der Waals surface area contributed by atoms with Gasteiger partial charge in [0.15, 0.2) is 0 Å². The van der Waals surface area contributed by atoms with Gasteiger partial charge in [-0.15, -0.1) is 0 Å². The van der Waals surface area contributed by atoms with Gasteiger partial charge in [-0.3, -0.25) is 0 Å². The molecule has 0 amide bonds. The molecule has 0 fully saturated rings. The molecule has 0 saturated heterocycles. The standard InChI is InChI=1S/C14H14BrFN2/c1-18(14-5-3-2-4-13(14)17)9-10-6-11(15)8-12(16)7-10/h2-8H,9,17H2,1H3. The third-order valence-electron chi connectivity index (χ3n) is 2.69. The second-order valence-corrected chi connectivity index (χ2v) is 5.11. The molecule has 4 heteroatoms. The fraction of sp³-hybridized carbons (Fsp3) is 0.143. The zero-order chi connectivity index (χ0) is 13.1. The fourth-order valence-electron chi connectivity index (χ4n) is 1.90. The third kappa shape index (κ3) is 3.01. The molecule has 18 heavy (non-hydrogen) atoms. The van der Waals surface area contributed by atoms with Crippen LogP contribution in [0.4, 0.5) is 15.8 Å². The van der Waals surface area contributed by atoms with Crippen LogP contribution >= 0.6 is 15.9 Å². The second kappa shape index (κ2) is 5.40. The highest BCUT2D eigenvalue weighted by molar-refractivity contribution is 9.10. The molecule has 2 aromatic rings. The molecule has 0 aliphatic carbocycles. The second-order valence-electron chi connectivity index (χ2n) is 4.19. The lowest BCUT2D eigenvalue weighted by Crippen LogP contribution is -2.17. The summed E-state index contributed by atoms with van der Waals surface area (Å²) in [6.07, 6.45) is 0. The number of benzene rings is 2. The number of para-hydroxylation sites is 2. The molecule has 94 valence electrons. The monoisotopic (exact) mass is 308 g/mol. The summed E-state index contributed by atoms with van der Waals surface area (Å²) in [6, 6.07) is 12.5. The number of nitrogen functional groups attached to an aromatic ring is 1. The Bertz CT molecular complexity index is 537. The number of anilines is 2. The molecule has 2 rings (SSSR count). The van der Waals surface area contributed by atoms with Crippen molar-refractivity contribution in [2.24, 2.45) is 0 Å². The number of rotatable bonds is 3. The fourth-order valence-corrected chi connectivity index (χ4v) is 2.41. The van der Waals surface area contributed by atoms with Gasteiger partial charge in [0.25, 0.3) is 0 Å². The summed E-state index contributed by atoms with van der Waals surface area (Å²) < 4.78 is 14.0. The van der Waals surface area contributed by atoms with Crippen molar-refractivity contribution < 1.29 is 4.39 Å². The molecule has 0 spiro atoms. The molecule has 0 aromatic heterocycles. The maximum atomic E-state index is 13.3. The molecular weight excluding hydrogens is 295 g/mol. The van der Waals surface area contributed by atoms with Gasteiger partial charge in [-0.25, -0.2) is 4.39 Å². The van der Waals surface area contributed by atoms with Crippen molar-refractivity contribution in [3.05, 3.63) is 58.3 Å². The quantitative estimate of drug-likeness (QED) is 0.874. The Hall–Kier alpha value is -1.55. The molecule has 0 aliphatic heterocycles. The van der Waals surface area contributed by atoms with Gasteiger partial charge in [0.2, 0.25) is 0 Å². The van der Waals surface area contributed by atoms with Crippen molar-refractivity contribution in [1.82, 2.24) is 0 Å². The van der Waals surface area contributed by atoms with E-state index in [4.69, 9.17) is 5.73 Å². The summed E-state index contributed by atoms with van der Waals surface area (Å²) in [5, 5.41) is 0. The Morgan fingerprint density at radius 2 is 1.94 bits per heavy atom. The maximum Gasteiger partial charge on any atom is 0.124 e. The van der Waals surface area contributed by atoms with Gasteiger partial charge in [0.1, 0.15) is 5.82 Å². The maximum absolute atomic E-state index is 13.3. The van der Waals surface area contributed by atoms with Crippen LogP contribution in [0, 0.1) is 5.82 Å². The van der Waals surface area contributed by atoms with Crippen LogP contribution in [0.3, 0.4) is 0 Å². The predicted octanol–water partition coefficient (Wildman–Crippen LogP) is 3.81. The lowest BCUT2D eigenvalue weighted by atomic mass is 10.2. The molecule has 0 aliphatic rings. The van der Waals surface area contributed by atoms with Crippen molar-refractivity contribution in [1.29, 1.82) is 0 Å². The number of hydrogen-bond donors (Lipinski definition) is 1. The SMILES string of the molecule is CN(Cc1cc(F)cc(Br)c1)c1ccccc1N. The van der Waals surface area contributed by atoms with Crippen LogP contribution in [0.15, 0.2) is 46.9 Å². The largest absolute Gasteiger partial charge is 0.397 e. The van der Waals surface area contributed by atoms with Crippen molar-refractivity contribution in [2.75, 3.05) is 17.7 Å². The molecule has 2 aromatic carbocycles. The minimum Gasteiger partial charge on any atom is -0.397 e. The van der Waals surface area contributed by atoms with Gasteiger partial charge in [0, 0.05) is 18.1 Å². The first kappa shape index (κ1) is 12.9. The van der Waals surface area contributed by atoms with Crippen molar-refractivity contribution >= 4 is 27.3 Å². The van der Waals surface area contributed by atoms with Crippen molar-refractivity contribution in [3.63, 3.8) is 0 Å². The molecule has 2 N–H and O–H groups in total. The molecule has 0 unspecified atom stereocenters. The van der Waals surface area contributed by atoms with Crippen LogP contribution in [0.2, 0.25) is 0 Å². The van der Waals surface area contributed by atoms with Gasteiger partial charge >= 0.3 is 0 Å². The highest BCUT2D eigenvalue weighted by Crippen LogP contribution is 2.24. The van der Waals surface area contributed by atoms with Gasteiger partial charge in [-0.05, 0) is 35.9 Å². The van der Waals surface area contributed by atoms with Gasteiger partial charge in [0.05, 0.1) is 11.4 Å². The Morgan fingerprint density at radius 1 is 1.22 bits per heavy atom. The van der Waals surface area contributed by atoms with E-state index in [0.29, 0.717) is 6.54 Å². The van der Waals surface area contributed by atoms with E-state index in [9.17, 15) is 4.39 Å². The number of halogens is 2. The Balaban J connectivity index is 2.21. The number of nitrogens with zero attached hydrogens (tertiary/aromatic N) is 1. The van der Waals surface area contributed by atoms with Gasteiger partial charge in [-0.2, -0.15) is 0 Å². The molecule has 0 radical (unpaired) electrons. The Labute approximate surface area is 114 Å². The van der Waals surface area contributed by atoms with Gasteiger partial charge in [-0.1, -0.05) is 28.1 Å². The summed E-state index contributed by atoms with van der Waals surface area (Å²) in [4.78, 5) is 2.00. The van der Waals surface area contributed by atoms with Crippen LogP contribution in [0.25, 0.3) is 0 Å². The van der Waals surface area contributed by atoms with E-state index in [2.05, 4.69) is 15.9 Å². The lowest BCUT2D eigenvalue weighted by molar-refractivity contribution is 0.624.